The lowest BCUT2D eigenvalue weighted by molar-refractivity contribution is 0.972. The second-order valence-corrected chi connectivity index (χ2v) is 6.39. The fraction of sp³-hybridized carbons (Fsp3) is 0.300. The molecular weight excluding hydrogens is 304 g/mol. The maximum atomic E-state index is 6.09. The fourth-order valence-electron chi connectivity index (χ4n) is 1.24. The average Bonchev–Trinajstić information content (AvgIpc) is 2.87. The third kappa shape index (κ3) is 3.69. The molecule has 2 aromatic heterocycles. The van der Waals surface area contributed by atoms with E-state index in [1.807, 2.05) is 19.0 Å². The SMILES string of the molecule is CN(C)c1nnc(SCc2nc(NN)ccc2Cl)s1. The number of nitrogen functional groups attached to an aromatic ring is 1. The molecule has 0 bridgehead atoms. The van der Waals surface area contributed by atoms with Crippen molar-refractivity contribution in [2.45, 2.75) is 10.1 Å². The summed E-state index contributed by atoms with van der Waals surface area (Å²) in [6.45, 7) is 0. The second kappa shape index (κ2) is 6.38. The molecule has 102 valence electrons. The zero-order valence-corrected chi connectivity index (χ0v) is 12.8. The van der Waals surface area contributed by atoms with Gasteiger partial charge in [0, 0.05) is 19.8 Å². The third-order valence-corrected chi connectivity index (χ3v) is 4.76. The summed E-state index contributed by atoms with van der Waals surface area (Å²) in [4.78, 5) is 6.23. The van der Waals surface area contributed by atoms with Gasteiger partial charge in [-0.3, -0.25) is 0 Å². The summed E-state index contributed by atoms with van der Waals surface area (Å²) in [5.41, 5.74) is 3.27. The van der Waals surface area contributed by atoms with E-state index in [1.54, 1.807) is 23.9 Å². The molecule has 0 atom stereocenters. The van der Waals surface area contributed by atoms with Crippen LogP contribution in [0.3, 0.4) is 0 Å². The van der Waals surface area contributed by atoms with Crippen LogP contribution in [0.1, 0.15) is 5.69 Å². The van der Waals surface area contributed by atoms with Crippen molar-refractivity contribution in [2.75, 3.05) is 24.4 Å². The number of nitrogens with one attached hydrogen (secondary N) is 1. The fourth-order valence-corrected chi connectivity index (χ4v) is 3.21. The summed E-state index contributed by atoms with van der Waals surface area (Å²) in [6.07, 6.45) is 0. The van der Waals surface area contributed by atoms with Crippen molar-refractivity contribution in [3.8, 4) is 0 Å². The molecule has 0 aliphatic rings. The number of thioether (sulfide) groups is 1. The van der Waals surface area contributed by atoms with Crippen LogP contribution in [0.25, 0.3) is 0 Å². The number of rotatable bonds is 5. The molecule has 0 saturated carbocycles. The number of nitrogens with two attached hydrogens (primary N) is 1. The van der Waals surface area contributed by atoms with Crippen LogP contribution in [0, 0.1) is 0 Å². The Morgan fingerprint density at radius 1 is 1.42 bits per heavy atom. The zero-order valence-electron chi connectivity index (χ0n) is 10.4. The van der Waals surface area contributed by atoms with Gasteiger partial charge in [-0.05, 0) is 12.1 Å². The van der Waals surface area contributed by atoms with Crippen LogP contribution in [0.15, 0.2) is 16.5 Å². The van der Waals surface area contributed by atoms with Crippen molar-refractivity contribution in [3.05, 3.63) is 22.8 Å². The van der Waals surface area contributed by atoms with Gasteiger partial charge in [0.25, 0.3) is 0 Å². The van der Waals surface area contributed by atoms with E-state index < -0.39 is 0 Å². The lowest BCUT2D eigenvalue weighted by Gasteiger charge is -2.05. The summed E-state index contributed by atoms with van der Waals surface area (Å²) in [7, 11) is 3.87. The Kier molecular flexibility index (Phi) is 4.81. The summed E-state index contributed by atoms with van der Waals surface area (Å²) in [6, 6.07) is 3.50. The Labute approximate surface area is 124 Å². The molecule has 0 aromatic carbocycles. The molecule has 0 saturated heterocycles. The summed E-state index contributed by atoms with van der Waals surface area (Å²) in [5.74, 6) is 6.54. The minimum absolute atomic E-state index is 0.589. The Balaban J connectivity index is 2.05. The number of hydrogen-bond acceptors (Lipinski definition) is 8. The quantitative estimate of drug-likeness (QED) is 0.497. The van der Waals surface area contributed by atoms with E-state index in [4.69, 9.17) is 17.4 Å². The normalized spacial score (nSPS) is 10.5. The molecule has 9 heteroatoms. The van der Waals surface area contributed by atoms with E-state index in [0.717, 1.165) is 15.2 Å². The highest BCUT2D eigenvalue weighted by Gasteiger charge is 2.09. The number of hydrazine groups is 1. The lowest BCUT2D eigenvalue weighted by Crippen LogP contribution is -2.09. The minimum atomic E-state index is 0.589. The van der Waals surface area contributed by atoms with Crippen LogP contribution in [-0.4, -0.2) is 29.3 Å². The second-order valence-electron chi connectivity index (χ2n) is 3.80. The Morgan fingerprint density at radius 3 is 2.84 bits per heavy atom. The molecule has 2 heterocycles. The summed E-state index contributed by atoms with van der Waals surface area (Å²) >= 11 is 9.17. The smallest absolute Gasteiger partial charge is 0.208 e. The Hall–Kier alpha value is -1.09. The van der Waals surface area contributed by atoms with Gasteiger partial charge in [0.1, 0.15) is 5.82 Å². The average molecular weight is 317 g/mol. The van der Waals surface area contributed by atoms with Crippen molar-refractivity contribution in [1.29, 1.82) is 0 Å². The Bertz CT molecular complexity index is 559. The van der Waals surface area contributed by atoms with Gasteiger partial charge in [-0.2, -0.15) is 0 Å². The number of anilines is 2. The lowest BCUT2D eigenvalue weighted by atomic mass is 10.4. The van der Waals surface area contributed by atoms with Gasteiger partial charge in [0.05, 0.1) is 10.7 Å². The van der Waals surface area contributed by atoms with Crippen LogP contribution in [0.5, 0.6) is 0 Å². The molecular formula is C10H13ClN6S2. The molecule has 2 rings (SSSR count). The number of pyridine rings is 1. The van der Waals surface area contributed by atoms with E-state index in [2.05, 4.69) is 20.6 Å². The standard InChI is InChI=1S/C10H13ClN6S2/c1-17(2)9-15-16-10(19-9)18-5-7-6(11)3-4-8(13-7)14-12/h3-4H,5,12H2,1-2H3,(H,13,14). The van der Waals surface area contributed by atoms with Gasteiger partial charge in [-0.25, -0.2) is 10.8 Å². The molecule has 0 fully saturated rings. The van der Waals surface area contributed by atoms with Crippen molar-refractivity contribution in [2.24, 2.45) is 5.84 Å². The van der Waals surface area contributed by atoms with E-state index in [1.165, 1.54) is 11.3 Å². The molecule has 19 heavy (non-hydrogen) atoms. The van der Waals surface area contributed by atoms with Gasteiger partial charge in [-0.15, -0.1) is 10.2 Å². The first-order valence-corrected chi connectivity index (χ1v) is 7.54. The van der Waals surface area contributed by atoms with Crippen LogP contribution >= 0.6 is 34.7 Å². The molecule has 0 amide bonds. The molecule has 0 spiro atoms. The first-order valence-electron chi connectivity index (χ1n) is 5.36. The third-order valence-electron chi connectivity index (χ3n) is 2.18. The number of nitrogens with zero attached hydrogens (tertiary/aromatic N) is 4. The summed E-state index contributed by atoms with van der Waals surface area (Å²) in [5, 5.41) is 9.66. The van der Waals surface area contributed by atoms with Gasteiger partial charge in [-0.1, -0.05) is 34.7 Å². The number of aromatic nitrogens is 3. The van der Waals surface area contributed by atoms with Crippen LogP contribution in [0.4, 0.5) is 10.9 Å². The molecule has 0 aliphatic heterocycles. The first-order chi connectivity index (χ1) is 9.10. The minimum Gasteiger partial charge on any atom is -0.353 e. The van der Waals surface area contributed by atoms with Gasteiger partial charge in [0.15, 0.2) is 4.34 Å². The van der Waals surface area contributed by atoms with Gasteiger partial charge in [0.2, 0.25) is 5.13 Å². The summed E-state index contributed by atoms with van der Waals surface area (Å²) < 4.78 is 0.882. The van der Waals surface area contributed by atoms with Crippen molar-refractivity contribution in [1.82, 2.24) is 15.2 Å². The Morgan fingerprint density at radius 2 is 2.21 bits per heavy atom. The van der Waals surface area contributed by atoms with Crippen LogP contribution < -0.4 is 16.2 Å². The maximum absolute atomic E-state index is 6.09. The highest BCUT2D eigenvalue weighted by Crippen LogP contribution is 2.30. The topological polar surface area (TPSA) is 80.0 Å². The molecule has 6 nitrogen and oxygen atoms in total. The van der Waals surface area contributed by atoms with Crippen LogP contribution in [0.2, 0.25) is 5.02 Å². The van der Waals surface area contributed by atoms with Crippen LogP contribution in [-0.2, 0) is 5.75 Å². The monoisotopic (exact) mass is 316 g/mol. The van der Waals surface area contributed by atoms with E-state index in [9.17, 15) is 0 Å². The maximum Gasteiger partial charge on any atom is 0.208 e. The number of hydrogen-bond donors (Lipinski definition) is 2. The highest BCUT2D eigenvalue weighted by molar-refractivity contribution is 8.00. The van der Waals surface area contributed by atoms with E-state index in [-0.39, 0.29) is 0 Å². The van der Waals surface area contributed by atoms with Crippen molar-refractivity contribution in [3.63, 3.8) is 0 Å². The molecule has 0 aliphatic carbocycles. The van der Waals surface area contributed by atoms with Gasteiger partial charge < -0.3 is 10.3 Å². The molecule has 0 unspecified atom stereocenters. The zero-order chi connectivity index (χ0) is 13.8. The molecule has 0 radical (unpaired) electrons. The predicted octanol–water partition coefficient (Wildman–Crippen LogP) is 2.23. The van der Waals surface area contributed by atoms with E-state index >= 15 is 0 Å². The van der Waals surface area contributed by atoms with Gasteiger partial charge >= 0.3 is 0 Å². The predicted molar refractivity (Wildman–Crippen MR) is 80.9 cm³/mol. The first kappa shape index (κ1) is 14.3. The molecule has 2 aromatic rings. The number of halogens is 1. The highest BCUT2D eigenvalue weighted by atomic mass is 35.5. The van der Waals surface area contributed by atoms with E-state index in [0.29, 0.717) is 16.6 Å². The van der Waals surface area contributed by atoms with Crippen molar-refractivity contribution < 1.29 is 0 Å². The largest absolute Gasteiger partial charge is 0.353 e. The van der Waals surface area contributed by atoms with Crippen molar-refractivity contribution >= 4 is 45.6 Å². The molecule has 3 N–H and O–H groups in total.